The number of carbonyl (C=O) groups is 1. The summed E-state index contributed by atoms with van der Waals surface area (Å²) in [6, 6.07) is 0. The Morgan fingerprint density at radius 3 is 2.61 bits per heavy atom. The highest BCUT2D eigenvalue weighted by atomic mass is 17.2. The summed E-state index contributed by atoms with van der Waals surface area (Å²) in [5.74, 6) is -2.00. The SMILES string of the molecule is CCCCCCCC1CC(C(C)=O)C(C)(O)OO1. The van der Waals surface area contributed by atoms with Gasteiger partial charge < -0.3 is 5.11 Å². The van der Waals surface area contributed by atoms with Crippen LogP contribution in [0.1, 0.15) is 65.7 Å². The molecule has 18 heavy (non-hydrogen) atoms. The van der Waals surface area contributed by atoms with E-state index < -0.39 is 11.7 Å². The minimum Gasteiger partial charge on any atom is -0.363 e. The molecule has 1 aliphatic rings. The molecule has 0 radical (unpaired) electrons. The minimum atomic E-state index is -1.48. The summed E-state index contributed by atoms with van der Waals surface area (Å²) in [6.45, 7) is 5.17. The van der Waals surface area contributed by atoms with Gasteiger partial charge in [-0.1, -0.05) is 39.0 Å². The van der Waals surface area contributed by atoms with Crippen LogP contribution in [0.15, 0.2) is 0 Å². The maximum absolute atomic E-state index is 11.5. The van der Waals surface area contributed by atoms with Gasteiger partial charge >= 0.3 is 0 Å². The largest absolute Gasteiger partial charge is 0.363 e. The summed E-state index contributed by atoms with van der Waals surface area (Å²) in [6.07, 6.45) is 7.40. The Balaban J connectivity index is 2.30. The first kappa shape index (κ1) is 15.6. The Morgan fingerprint density at radius 2 is 2.00 bits per heavy atom. The van der Waals surface area contributed by atoms with Crippen LogP contribution in [0.4, 0.5) is 0 Å². The van der Waals surface area contributed by atoms with Gasteiger partial charge in [-0.25, -0.2) is 9.78 Å². The van der Waals surface area contributed by atoms with Gasteiger partial charge in [-0.05, 0) is 26.7 Å². The van der Waals surface area contributed by atoms with Crippen LogP contribution in [-0.2, 0) is 14.6 Å². The maximum Gasteiger partial charge on any atom is 0.206 e. The van der Waals surface area contributed by atoms with Crippen molar-refractivity contribution in [3.05, 3.63) is 0 Å². The number of hydrogen-bond acceptors (Lipinski definition) is 4. The zero-order valence-corrected chi connectivity index (χ0v) is 11.8. The highest BCUT2D eigenvalue weighted by molar-refractivity contribution is 5.79. The Bertz CT molecular complexity index is 263. The van der Waals surface area contributed by atoms with Crippen LogP contribution >= 0.6 is 0 Å². The molecule has 1 heterocycles. The smallest absolute Gasteiger partial charge is 0.206 e. The van der Waals surface area contributed by atoms with E-state index in [1.54, 1.807) is 0 Å². The molecule has 3 atom stereocenters. The van der Waals surface area contributed by atoms with Crippen molar-refractivity contribution in [2.24, 2.45) is 5.92 Å². The number of aliphatic hydroxyl groups is 1. The van der Waals surface area contributed by atoms with Crippen molar-refractivity contribution < 1.29 is 19.7 Å². The van der Waals surface area contributed by atoms with Gasteiger partial charge in [0.05, 0.1) is 12.0 Å². The lowest BCUT2D eigenvalue weighted by Gasteiger charge is -2.37. The van der Waals surface area contributed by atoms with Gasteiger partial charge in [0.2, 0.25) is 5.79 Å². The molecule has 0 aromatic heterocycles. The number of Topliss-reactive ketones (excluding diaryl/α,β-unsaturated/α-hetero) is 1. The average molecular weight is 258 g/mol. The average Bonchev–Trinajstić information content (AvgIpc) is 2.30. The number of rotatable bonds is 7. The second kappa shape index (κ2) is 7.22. The van der Waals surface area contributed by atoms with E-state index in [4.69, 9.17) is 9.78 Å². The minimum absolute atomic E-state index is 0.0423. The highest BCUT2D eigenvalue weighted by Crippen LogP contribution is 2.33. The summed E-state index contributed by atoms with van der Waals surface area (Å²) in [4.78, 5) is 21.6. The van der Waals surface area contributed by atoms with Gasteiger partial charge in [-0.15, -0.1) is 0 Å². The monoisotopic (exact) mass is 258 g/mol. The lowest BCUT2D eigenvalue weighted by atomic mass is 9.87. The van der Waals surface area contributed by atoms with Gasteiger partial charge in [-0.2, -0.15) is 0 Å². The van der Waals surface area contributed by atoms with E-state index in [1.807, 2.05) is 0 Å². The third-order valence-electron chi connectivity index (χ3n) is 3.62. The number of ketones is 1. The fourth-order valence-electron chi connectivity index (χ4n) is 2.43. The van der Waals surface area contributed by atoms with Crippen LogP contribution in [-0.4, -0.2) is 22.8 Å². The lowest BCUT2D eigenvalue weighted by Crippen LogP contribution is -2.48. The molecule has 1 saturated heterocycles. The van der Waals surface area contributed by atoms with Crippen LogP contribution in [0.2, 0.25) is 0 Å². The first-order valence-corrected chi connectivity index (χ1v) is 7.04. The predicted molar refractivity (Wildman–Crippen MR) is 68.7 cm³/mol. The van der Waals surface area contributed by atoms with Crippen molar-refractivity contribution in [3.8, 4) is 0 Å². The van der Waals surface area contributed by atoms with Gasteiger partial charge in [0, 0.05) is 0 Å². The van der Waals surface area contributed by atoms with E-state index in [1.165, 1.54) is 39.5 Å². The molecule has 0 spiro atoms. The molecule has 4 nitrogen and oxygen atoms in total. The van der Waals surface area contributed by atoms with Crippen molar-refractivity contribution in [1.82, 2.24) is 0 Å². The predicted octanol–water partition coefficient (Wildman–Crippen LogP) is 2.98. The summed E-state index contributed by atoms with van der Waals surface area (Å²) in [7, 11) is 0. The van der Waals surface area contributed by atoms with E-state index in [-0.39, 0.29) is 11.9 Å². The summed E-state index contributed by atoms with van der Waals surface area (Å²) in [5, 5.41) is 9.90. The van der Waals surface area contributed by atoms with Crippen LogP contribution in [0.3, 0.4) is 0 Å². The fraction of sp³-hybridized carbons (Fsp3) is 0.929. The second-order valence-corrected chi connectivity index (χ2v) is 5.46. The second-order valence-electron chi connectivity index (χ2n) is 5.46. The summed E-state index contributed by atoms with van der Waals surface area (Å²) < 4.78 is 0. The Hall–Kier alpha value is -0.450. The molecule has 3 unspecified atom stereocenters. The zero-order valence-electron chi connectivity index (χ0n) is 11.8. The molecule has 0 saturated carbocycles. The fourth-order valence-corrected chi connectivity index (χ4v) is 2.43. The molecule has 1 N–H and O–H groups in total. The molecule has 4 heteroatoms. The standard InChI is InChI=1S/C14H26O4/c1-4-5-6-7-8-9-12-10-13(11(2)15)14(3,16)18-17-12/h12-13,16H,4-10H2,1-3H3. The molecule has 106 valence electrons. The highest BCUT2D eigenvalue weighted by Gasteiger charge is 2.43. The molecule has 1 rings (SSSR count). The van der Waals surface area contributed by atoms with Crippen LogP contribution in [0.5, 0.6) is 0 Å². The van der Waals surface area contributed by atoms with Crippen LogP contribution in [0.25, 0.3) is 0 Å². The van der Waals surface area contributed by atoms with Crippen LogP contribution < -0.4 is 0 Å². The quantitative estimate of drug-likeness (QED) is 0.563. The van der Waals surface area contributed by atoms with E-state index >= 15 is 0 Å². The third kappa shape index (κ3) is 4.67. The topological polar surface area (TPSA) is 55.8 Å². The van der Waals surface area contributed by atoms with Crippen molar-refractivity contribution in [2.75, 3.05) is 0 Å². The molecular weight excluding hydrogens is 232 g/mol. The van der Waals surface area contributed by atoms with Gasteiger partial charge in [-0.3, -0.25) is 4.79 Å². The van der Waals surface area contributed by atoms with Gasteiger partial charge in [0.1, 0.15) is 5.78 Å². The number of unbranched alkanes of at least 4 members (excludes halogenated alkanes) is 4. The normalized spacial score (nSPS) is 32.4. The van der Waals surface area contributed by atoms with Crippen molar-refractivity contribution in [1.29, 1.82) is 0 Å². The zero-order chi connectivity index (χ0) is 13.6. The summed E-state index contributed by atoms with van der Waals surface area (Å²) in [5.41, 5.74) is 0. The molecule has 0 bridgehead atoms. The molecular formula is C14H26O4. The maximum atomic E-state index is 11.5. The lowest BCUT2D eigenvalue weighted by molar-refractivity contribution is -0.466. The molecule has 0 amide bonds. The van der Waals surface area contributed by atoms with Gasteiger partial charge in [0.15, 0.2) is 0 Å². The summed E-state index contributed by atoms with van der Waals surface area (Å²) >= 11 is 0. The Labute approximate surface area is 110 Å². The van der Waals surface area contributed by atoms with Crippen molar-refractivity contribution in [3.63, 3.8) is 0 Å². The first-order valence-electron chi connectivity index (χ1n) is 7.04. The number of hydrogen-bond donors (Lipinski definition) is 1. The molecule has 0 aromatic carbocycles. The van der Waals surface area contributed by atoms with Crippen molar-refractivity contribution >= 4 is 5.78 Å². The third-order valence-corrected chi connectivity index (χ3v) is 3.62. The molecule has 1 fully saturated rings. The van der Waals surface area contributed by atoms with Gasteiger partial charge in [0.25, 0.3) is 0 Å². The van der Waals surface area contributed by atoms with Crippen molar-refractivity contribution in [2.45, 2.75) is 77.6 Å². The van der Waals surface area contributed by atoms with E-state index in [0.717, 1.165) is 12.8 Å². The molecule has 0 aromatic rings. The Kier molecular flexibility index (Phi) is 6.26. The number of carbonyl (C=O) groups excluding carboxylic acids is 1. The first-order chi connectivity index (χ1) is 8.47. The molecule has 0 aliphatic carbocycles. The van der Waals surface area contributed by atoms with E-state index in [9.17, 15) is 9.90 Å². The van der Waals surface area contributed by atoms with E-state index in [2.05, 4.69) is 6.92 Å². The van der Waals surface area contributed by atoms with Crippen LogP contribution in [0, 0.1) is 5.92 Å². The Morgan fingerprint density at radius 1 is 1.33 bits per heavy atom. The van der Waals surface area contributed by atoms with E-state index in [0.29, 0.717) is 6.42 Å². The molecule has 1 aliphatic heterocycles.